The van der Waals surface area contributed by atoms with Crippen molar-refractivity contribution in [2.24, 2.45) is 9.98 Å². The van der Waals surface area contributed by atoms with Crippen molar-refractivity contribution in [3.63, 3.8) is 0 Å². The van der Waals surface area contributed by atoms with Crippen molar-refractivity contribution in [3.05, 3.63) is 140 Å². The first-order chi connectivity index (χ1) is 19.3. The van der Waals surface area contributed by atoms with Crippen LogP contribution < -0.4 is 5.32 Å². The predicted molar refractivity (Wildman–Crippen MR) is 167 cm³/mol. The summed E-state index contributed by atoms with van der Waals surface area (Å²) in [6.45, 7) is 13.1. The SMILES string of the molecule is Cc1cc(C)c(/C2=C3\C=CC(=N3)C3=NC(C=C3)/C(c3c(C)cc(C)cc3C)=C3/C=CC(N3)c3ccc2[nH]3)c(C)c1. The maximum Gasteiger partial charge on any atom is 0.0968 e. The van der Waals surface area contributed by atoms with Gasteiger partial charge in [-0.3, -0.25) is 4.99 Å². The molecular formula is C36H34N4. The number of nitrogens with one attached hydrogen (secondary N) is 2. The van der Waals surface area contributed by atoms with Crippen LogP contribution in [-0.2, 0) is 0 Å². The van der Waals surface area contributed by atoms with E-state index in [1.165, 1.54) is 50.1 Å². The number of rotatable bonds is 2. The van der Waals surface area contributed by atoms with Crippen LogP contribution in [0, 0.1) is 41.5 Å². The molecule has 5 heterocycles. The monoisotopic (exact) mass is 522 g/mol. The van der Waals surface area contributed by atoms with Crippen molar-refractivity contribution in [1.82, 2.24) is 10.3 Å². The van der Waals surface area contributed by atoms with Crippen molar-refractivity contribution < 1.29 is 0 Å². The molecule has 0 radical (unpaired) electrons. The summed E-state index contributed by atoms with van der Waals surface area (Å²) >= 11 is 0. The number of aromatic amines is 1. The van der Waals surface area contributed by atoms with Crippen molar-refractivity contribution >= 4 is 22.6 Å². The van der Waals surface area contributed by atoms with E-state index in [4.69, 9.17) is 9.98 Å². The molecule has 7 rings (SSSR count). The second-order valence-corrected chi connectivity index (χ2v) is 11.6. The van der Waals surface area contributed by atoms with Crippen LogP contribution in [0.4, 0.5) is 0 Å². The molecule has 4 aliphatic rings. The van der Waals surface area contributed by atoms with Gasteiger partial charge < -0.3 is 10.3 Å². The summed E-state index contributed by atoms with van der Waals surface area (Å²) in [6, 6.07) is 13.4. The molecule has 0 aliphatic carbocycles. The minimum atomic E-state index is -0.0895. The maximum atomic E-state index is 5.26. The second kappa shape index (κ2) is 9.06. The topological polar surface area (TPSA) is 52.5 Å². The van der Waals surface area contributed by atoms with Crippen LogP contribution in [0.2, 0.25) is 0 Å². The molecule has 0 saturated carbocycles. The highest BCUT2D eigenvalue weighted by Crippen LogP contribution is 2.39. The molecule has 0 fully saturated rings. The van der Waals surface area contributed by atoms with E-state index in [1.807, 2.05) is 0 Å². The lowest BCUT2D eigenvalue weighted by atomic mass is 9.88. The average Bonchev–Trinajstić information content (AvgIpc) is 3.69. The van der Waals surface area contributed by atoms with Crippen LogP contribution in [0.25, 0.3) is 11.1 Å². The van der Waals surface area contributed by atoms with Gasteiger partial charge in [-0.25, -0.2) is 4.99 Å². The fourth-order valence-electron chi connectivity index (χ4n) is 6.94. The van der Waals surface area contributed by atoms with Gasteiger partial charge in [0.1, 0.15) is 0 Å². The molecule has 0 amide bonds. The molecule has 2 N–H and O–H groups in total. The number of H-pyrrole nitrogens is 1. The molecule has 4 nitrogen and oxygen atoms in total. The molecule has 198 valence electrons. The molecule has 0 saturated heterocycles. The lowest BCUT2D eigenvalue weighted by molar-refractivity contribution is 0.740. The fraction of sp³-hybridized carbons (Fsp3) is 0.222. The van der Waals surface area contributed by atoms with Crippen LogP contribution in [-0.4, -0.2) is 22.4 Å². The summed E-state index contributed by atoms with van der Waals surface area (Å²) in [5, 5.41) is 3.84. The Labute approximate surface area is 236 Å². The Kier molecular flexibility index (Phi) is 5.57. The van der Waals surface area contributed by atoms with E-state index in [2.05, 4.69) is 125 Å². The normalized spacial score (nSPS) is 24.4. The summed E-state index contributed by atoms with van der Waals surface area (Å²) < 4.78 is 0. The largest absolute Gasteiger partial charge is 0.373 e. The third-order valence-corrected chi connectivity index (χ3v) is 8.41. The first-order valence-electron chi connectivity index (χ1n) is 14.1. The lowest BCUT2D eigenvalue weighted by Crippen LogP contribution is -2.19. The number of fused-ring (bicyclic) bond motifs is 8. The minimum Gasteiger partial charge on any atom is -0.373 e. The Morgan fingerprint density at radius 2 is 1.35 bits per heavy atom. The molecule has 40 heavy (non-hydrogen) atoms. The molecule has 3 aromatic rings. The molecule has 0 spiro atoms. The van der Waals surface area contributed by atoms with Gasteiger partial charge in [0.15, 0.2) is 0 Å². The number of hydrogen-bond acceptors (Lipinski definition) is 3. The number of aryl methyl sites for hydroxylation is 6. The highest BCUT2D eigenvalue weighted by Gasteiger charge is 2.29. The second-order valence-electron chi connectivity index (χ2n) is 11.6. The molecular weight excluding hydrogens is 488 g/mol. The smallest absolute Gasteiger partial charge is 0.0968 e. The Balaban J connectivity index is 1.46. The third kappa shape index (κ3) is 3.90. The zero-order chi connectivity index (χ0) is 27.7. The van der Waals surface area contributed by atoms with Crippen LogP contribution in [0.1, 0.15) is 61.9 Å². The number of allylic oxidation sites excluding steroid dienone is 4. The van der Waals surface area contributed by atoms with Crippen LogP contribution in [0.3, 0.4) is 0 Å². The van der Waals surface area contributed by atoms with Crippen LogP contribution in [0.15, 0.2) is 94.2 Å². The zero-order valence-electron chi connectivity index (χ0n) is 24.0. The van der Waals surface area contributed by atoms with Crippen molar-refractivity contribution in [1.29, 1.82) is 0 Å². The van der Waals surface area contributed by atoms with Gasteiger partial charge in [-0.2, -0.15) is 0 Å². The standard InChI is InChI=1S/C36H34N4/c1-19-15-21(3)33(22(4)16-19)35-29-11-7-25(37-29)27-9-13-31(39-27)36(34-23(5)17-20(2)18-24(34)6)32-14-10-28(40-32)26-8-12-30(35)38-26/h7-18,25,30,37,39H,1-6H3/b35-29+,36-32+. The summed E-state index contributed by atoms with van der Waals surface area (Å²) in [6.07, 6.45) is 13.1. The molecule has 4 heteroatoms. The van der Waals surface area contributed by atoms with E-state index in [0.29, 0.717) is 0 Å². The van der Waals surface area contributed by atoms with Crippen molar-refractivity contribution in [2.75, 3.05) is 0 Å². The van der Waals surface area contributed by atoms with Crippen molar-refractivity contribution in [3.8, 4) is 0 Å². The highest BCUT2D eigenvalue weighted by molar-refractivity contribution is 6.52. The Bertz CT molecular complexity index is 1780. The molecule has 1 aromatic heterocycles. The Morgan fingerprint density at radius 3 is 2.05 bits per heavy atom. The van der Waals surface area contributed by atoms with E-state index in [-0.39, 0.29) is 12.1 Å². The number of benzene rings is 2. The van der Waals surface area contributed by atoms with E-state index in [9.17, 15) is 0 Å². The van der Waals surface area contributed by atoms with E-state index >= 15 is 0 Å². The quantitative estimate of drug-likeness (QED) is 0.357. The molecule has 2 unspecified atom stereocenters. The third-order valence-electron chi connectivity index (χ3n) is 8.41. The fourth-order valence-corrected chi connectivity index (χ4v) is 6.94. The highest BCUT2D eigenvalue weighted by atomic mass is 15.0. The van der Waals surface area contributed by atoms with Gasteiger partial charge in [-0.05, 0) is 111 Å². The molecule has 2 aromatic carbocycles. The van der Waals surface area contributed by atoms with Gasteiger partial charge in [0.25, 0.3) is 0 Å². The van der Waals surface area contributed by atoms with Gasteiger partial charge >= 0.3 is 0 Å². The number of hydrogen-bond donors (Lipinski definition) is 2. The van der Waals surface area contributed by atoms with Crippen LogP contribution >= 0.6 is 0 Å². The molecule has 2 atom stereocenters. The average molecular weight is 523 g/mol. The van der Waals surface area contributed by atoms with Gasteiger partial charge in [0.2, 0.25) is 0 Å². The number of aromatic nitrogens is 1. The first kappa shape index (κ1) is 24.6. The molecule has 8 bridgehead atoms. The lowest BCUT2D eigenvalue weighted by Gasteiger charge is -2.22. The summed E-state index contributed by atoms with van der Waals surface area (Å²) in [7, 11) is 0. The summed E-state index contributed by atoms with van der Waals surface area (Å²) in [5.74, 6) is 0. The van der Waals surface area contributed by atoms with Gasteiger partial charge in [0.05, 0.1) is 29.2 Å². The Morgan fingerprint density at radius 1 is 0.675 bits per heavy atom. The maximum absolute atomic E-state index is 5.26. The van der Waals surface area contributed by atoms with E-state index < -0.39 is 0 Å². The number of aliphatic imine (C=N–C) groups is 2. The summed E-state index contributed by atoms with van der Waals surface area (Å²) in [4.78, 5) is 14.2. The van der Waals surface area contributed by atoms with E-state index in [1.54, 1.807) is 0 Å². The first-order valence-corrected chi connectivity index (χ1v) is 14.1. The predicted octanol–water partition coefficient (Wildman–Crippen LogP) is 7.64. The van der Waals surface area contributed by atoms with E-state index in [0.717, 1.165) is 39.8 Å². The van der Waals surface area contributed by atoms with Gasteiger partial charge in [0, 0.05) is 28.2 Å². The zero-order valence-corrected chi connectivity index (χ0v) is 24.0. The Hall–Kier alpha value is -4.44. The van der Waals surface area contributed by atoms with Gasteiger partial charge in [-0.15, -0.1) is 0 Å². The van der Waals surface area contributed by atoms with Crippen molar-refractivity contribution in [2.45, 2.75) is 53.6 Å². The van der Waals surface area contributed by atoms with Gasteiger partial charge in [-0.1, -0.05) is 47.5 Å². The molecule has 4 aliphatic heterocycles. The minimum absolute atomic E-state index is 0.0474. The number of nitrogens with zero attached hydrogens (tertiary/aromatic N) is 2. The van der Waals surface area contributed by atoms with Crippen LogP contribution in [0.5, 0.6) is 0 Å². The summed E-state index contributed by atoms with van der Waals surface area (Å²) in [5.41, 5.74) is 18.6.